The number of aromatic nitrogens is 3. The van der Waals surface area contributed by atoms with Crippen molar-refractivity contribution < 1.29 is 23.6 Å². The number of nitrogens with zero attached hydrogens (tertiary/aromatic N) is 5. The summed E-state index contributed by atoms with van der Waals surface area (Å²) in [4.78, 5) is 40.0. The summed E-state index contributed by atoms with van der Waals surface area (Å²) in [6.45, 7) is 17.9. The fourth-order valence-corrected chi connectivity index (χ4v) is 4.43. The van der Waals surface area contributed by atoms with Gasteiger partial charge in [-0.2, -0.15) is 4.98 Å². The number of pyridine rings is 1. The molecule has 1 fully saturated rings. The van der Waals surface area contributed by atoms with E-state index >= 15 is 0 Å². The lowest BCUT2D eigenvalue weighted by molar-refractivity contribution is 0.0555. The number of nitrogens with one attached hydrogen (secondary N) is 2. The first-order chi connectivity index (χ1) is 20.4. The Kier molecular flexibility index (Phi) is 9.31. The van der Waals surface area contributed by atoms with Gasteiger partial charge in [0.05, 0.1) is 5.92 Å². The first kappa shape index (κ1) is 32.4. The third-order valence-corrected chi connectivity index (χ3v) is 6.50. The van der Waals surface area contributed by atoms with E-state index in [-0.39, 0.29) is 17.3 Å². The third kappa shape index (κ3) is 9.26. The average molecular weight is 606 g/mol. The number of ether oxygens (including phenoxy) is 2. The predicted molar refractivity (Wildman–Crippen MR) is 168 cm³/mol. The van der Waals surface area contributed by atoms with E-state index in [1.807, 2.05) is 24.3 Å². The highest BCUT2D eigenvalue weighted by Crippen LogP contribution is 2.29. The van der Waals surface area contributed by atoms with E-state index in [4.69, 9.17) is 14.0 Å². The number of carbonyl (C=O) groups excluding carboxylic acids is 2. The molecule has 12 nitrogen and oxygen atoms in total. The standard InChI is InChI=1S/C32H43N7O5/c1-30(2,3)22-11-10-12-23(17-22)34-24-14-13-20(18-33-24)25-35-26(44-38-25)21-15-16-39(19-21)27(36-28(40)42-31(4,5)6)37-29(41)43-32(7,8)9/h10-14,17-18,21H,15-16,19H2,1-9H3,(H,33,34)(H,36,37,40,41)/t21-/m1/s1. The molecule has 1 saturated heterocycles. The zero-order chi connectivity index (χ0) is 32.3. The van der Waals surface area contributed by atoms with Gasteiger partial charge in [0.1, 0.15) is 17.0 Å². The maximum atomic E-state index is 12.5. The number of rotatable bonds is 4. The number of likely N-dealkylation sites (tertiary alicyclic amines) is 1. The number of hydrogen-bond donors (Lipinski definition) is 2. The molecule has 44 heavy (non-hydrogen) atoms. The molecule has 1 aliphatic rings. The highest BCUT2D eigenvalue weighted by molar-refractivity contribution is 5.99. The summed E-state index contributed by atoms with van der Waals surface area (Å²) in [5, 5.41) is 10.1. The normalized spacial score (nSPS) is 16.1. The lowest BCUT2D eigenvalue weighted by atomic mass is 9.87. The van der Waals surface area contributed by atoms with E-state index < -0.39 is 23.4 Å². The van der Waals surface area contributed by atoms with Crippen molar-refractivity contribution in [3.05, 3.63) is 54.0 Å². The molecule has 1 aliphatic heterocycles. The van der Waals surface area contributed by atoms with Crippen molar-refractivity contribution in [3.63, 3.8) is 0 Å². The average Bonchev–Trinajstić information content (AvgIpc) is 3.57. The van der Waals surface area contributed by atoms with Gasteiger partial charge in [-0.15, -0.1) is 4.99 Å². The van der Waals surface area contributed by atoms with Crippen LogP contribution < -0.4 is 10.6 Å². The van der Waals surface area contributed by atoms with Gasteiger partial charge in [0, 0.05) is 30.5 Å². The largest absolute Gasteiger partial charge is 0.444 e. The topological polar surface area (TPSA) is 144 Å². The Morgan fingerprint density at radius 1 is 1.00 bits per heavy atom. The van der Waals surface area contributed by atoms with Gasteiger partial charge in [-0.25, -0.2) is 14.6 Å². The molecule has 1 atom stereocenters. The summed E-state index contributed by atoms with van der Waals surface area (Å²) >= 11 is 0. The van der Waals surface area contributed by atoms with Crippen LogP contribution in [0, 0.1) is 0 Å². The summed E-state index contributed by atoms with van der Waals surface area (Å²) < 4.78 is 16.3. The molecule has 2 amide bonds. The molecule has 0 bridgehead atoms. The Morgan fingerprint density at radius 2 is 1.73 bits per heavy atom. The second-order valence-electron chi connectivity index (χ2n) is 13.8. The molecule has 236 valence electrons. The number of alkyl carbamates (subject to hydrolysis) is 1. The van der Waals surface area contributed by atoms with E-state index in [9.17, 15) is 9.59 Å². The molecule has 0 saturated carbocycles. The van der Waals surface area contributed by atoms with Crippen LogP contribution >= 0.6 is 0 Å². The van der Waals surface area contributed by atoms with Crippen LogP contribution in [0.2, 0.25) is 0 Å². The van der Waals surface area contributed by atoms with Crippen LogP contribution in [0.4, 0.5) is 21.1 Å². The van der Waals surface area contributed by atoms with Crippen LogP contribution in [0.1, 0.15) is 86.1 Å². The van der Waals surface area contributed by atoms with Crippen molar-refractivity contribution in [3.8, 4) is 11.4 Å². The number of benzene rings is 1. The molecule has 3 heterocycles. The second kappa shape index (κ2) is 12.6. The zero-order valence-corrected chi connectivity index (χ0v) is 27.0. The first-order valence-electron chi connectivity index (χ1n) is 14.7. The molecule has 0 aliphatic carbocycles. The second-order valence-corrected chi connectivity index (χ2v) is 13.8. The van der Waals surface area contributed by atoms with E-state index in [1.165, 1.54) is 5.56 Å². The molecular formula is C32H43N7O5. The van der Waals surface area contributed by atoms with Crippen LogP contribution in [-0.2, 0) is 14.9 Å². The smallest absolute Gasteiger partial charge is 0.437 e. The monoisotopic (exact) mass is 605 g/mol. The SMILES string of the molecule is CC(C)(C)OC(=O)N=C(NC(=O)OC(C)(C)C)N1CC[C@@H](c2nc(-c3ccc(Nc4cccc(C(C)(C)C)c4)nc3)no2)C1. The van der Waals surface area contributed by atoms with Gasteiger partial charge in [-0.05, 0) is 83.2 Å². The molecule has 0 radical (unpaired) electrons. The third-order valence-electron chi connectivity index (χ3n) is 6.50. The molecular weight excluding hydrogens is 562 g/mol. The molecule has 2 N–H and O–H groups in total. The minimum Gasteiger partial charge on any atom is -0.444 e. The summed E-state index contributed by atoms with van der Waals surface area (Å²) in [5.74, 6) is 1.45. The lowest BCUT2D eigenvalue weighted by Gasteiger charge is -2.24. The number of aliphatic imine (C=N–C) groups is 1. The first-order valence-corrected chi connectivity index (χ1v) is 14.7. The van der Waals surface area contributed by atoms with Crippen molar-refractivity contribution in [1.82, 2.24) is 25.3 Å². The highest BCUT2D eigenvalue weighted by Gasteiger charge is 2.33. The van der Waals surface area contributed by atoms with Gasteiger partial charge >= 0.3 is 12.2 Å². The number of anilines is 2. The van der Waals surface area contributed by atoms with E-state index in [2.05, 4.69) is 63.7 Å². The van der Waals surface area contributed by atoms with Gasteiger partial charge in [0.2, 0.25) is 17.7 Å². The minimum absolute atomic E-state index is 0.0380. The Labute approximate surface area is 258 Å². The van der Waals surface area contributed by atoms with Crippen molar-refractivity contribution in [1.29, 1.82) is 0 Å². The van der Waals surface area contributed by atoms with Crippen LogP contribution in [-0.4, -0.2) is 62.5 Å². The van der Waals surface area contributed by atoms with Gasteiger partial charge in [0.15, 0.2) is 0 Å². The van der Waals surface area contributed by atoms with E-state index in [0.29, 0.717) is 42.6 Å². The van der Waals surface area contributed by atoms with Crippen molar-refractivity contribution >= 4 is 29.7 Å². The van der Waals surface area contributed by atoms with Crippen LogP contribution in [0.25, 0.3) is 11.4 Å². The Hall–Kier alpha value is -4.48. The predicted octanol–water partition coefficient (Wildman–Crippen LogP) is 6.78. The summed E-state index contributed by atoms with van der Waals surface area (Å²) in [6.07, 6.45) is 0.789. The summed E-state index contributed by atoms with van der Waals surface area (Å²) in [7, 11) is 0. The van der Waals surface area contributed by atoms with Gasteiger partial charge < -0.3 is 24.2 Å². The Balaban J connectivity index is 1.44. The molecule has 12 heteroatoms. The number of carbonyl (C=O) groups is 2. The Bertz CT molecular complexity index is 1490. The van der Waals surface area contributed by atoms with Gasteiger partial charge in [-0.1, -0.05) is 38.1 Å². The fraction of sp³-hybridized carbons (Fsp3) is 0.500. The van der Waals surface area contributed by atoms with Crippen LogP contribution in [0.15, 0.2) is 52.1 Å². The van der Waals surface area contributed by atoms with Gasteiger partial charge in [0.25, 0.3) is 0 Å². The number of amides is 2. The molecule has 1 aromatic carbocycles. The van der Waals surface area contributed by atoms with Crippen molar-refractivity contribution in [2.24, 2.45) is 4.99 Å². The maximum Gasteiger partial charge on any atom is 0.437 e. The lowest BCUT2D eigenvalue weighted by Crippen LogP contribution is -2.45. The van der Waals surface area contributed by atoms with Crippen LogP contribution in [0.3, 0.4) is 0 Å². The Morgan fingerprint density at radius 3 is 2.36 bits per heavy atom. The zero-order valence-electron chi connectivity index (χ0n) is 27.0. The number of guanidine groups is 1. The van der Waals surface area contributed by atoms with E-state index in [0.717, 1.165) is 5.69 Å². The van der Waals surface area contributed by atoms with Crippen molar-refractivity contribution in [2.45, 2.75) is 91.3 Å². The van der Waals surface area contributed by atoms with Gasteiger partial charge in [-0.3, -0.25) is 5.32 Å². The molecule has 0 spiro atoms. The van der Waals surface area contributed by atoms with E-state index in [1.54, 1.807) is 52.6 Å². The summed E-state index contributed by atoms with van der Waals surface area (Å²) in [5.41, 5.74) is 1.47. The van der Waals surface area contributed by atoms with Crippen LogP contribution in [0.5, 0.6) is 0 Å². The molecule has 3 aromatic rings. The quantitative estimate of drug-likeness (QED) is 0.241. The highest BCUT2D eigenvalue weighted by atomic mass is 16.6. The molecule has 4 rings (SSSR count). The number of hydrogen-bond acceptors (Lipinski definition) is 9. The molecule has 2 aromatic heterocycles. The van der Waals surface area contributed by atoms with Crippen molar-refractivity contribution in [2.75, 3.05) is 18.4 Å². The maximum absolute atomic E-state index is 12.5. The molecule has 0 unspecified atom stereocenters. The summed E-state index contributed by atoms with van der Waals surface area (Å²) in [6, 6.07) is 12.0. The minimum atomic E-state index is -0.820. The fourth-order valence-electron chi connectivity index (χ4n) is 4.43.